The van der Waals surface area contributed by atoms with Crippen molar-refractivity contribution in [2.24, 2.45) is 5.73 Å². The summed E-state index contributed by atoms with van der Waals surface area (Å²) in [7, 11) is 0. The number of hydrogen-bond donors (Lipinski definition) is 1. The first-order valence-corrected chi connectivity index (χ1v) is 7.72. The number of rotatable bonds is 4. The number of nitrogens with zero attached hydrogens (tertiary/aromatic N) is 1. The largest absolute Gasteiger partial charge is 0.372 e. The van der Waals surface area contributed by atoms with Crippen molar-refractivity contribution in [3.05, 3.63) is 28.8 Å². The molecule has 3 nitrogen and oxygen atoms in total. The van der Waals surface area contributed by atoms with Crippen molar-refractivity contribution in [2.75, 3.05) is 24.6 Å². The highest BCUT2D eigenvalue weighted by molar-refractivity contribution is 6.33. The molecule has 1 heterocycles. The monoisotopic (exact) mass is 296 g/mol. The summed E-state index contributed by atoms with van der Waals surface area (Å²) in [5.74, 6) is 0. The van der Waals surface area contributed by atoms with E-state index >= 15 is 0 Å². The van der Waals surface area contributed by atoms with Crippen LogP contribution in [0.3, 0.4) is 0 Å². The highest BCUT2D eigenvalue weighted by atomic mass is 35.5. The summed E-state index contributed by atoms with van der Waals surface area (Å²) < 4.78 is 5.75. The molecule has 4 heteroatoms. The van der Waals surface area contributed by atoms with E-state index < -0.39 is 0 Å². The average Bonchev–Trinajstić information content (AvgIpc) is 2.37. The molecule has 1 aromatic carbocycles. The van der Waals surface area contributed by atoms with Gasteiger partial charge in [-0.25, -0.2) is 0 Å². The fourth-order valence-electron chi connectivity index (χ4n) is 2.60. The first-order valence-electron chi connectivity index (χ1n) is 7.34. The van der Waals surface area contributed by atoms with Crippen LogP contribution in [0.1, 0.15) is 32.8 Å². The van der Waals surface area contributed by atoms with E-state index in [2.05, 4.69) is 43.9 Å². The van der Waals surface area contributed by atoms with E-state index in [4.69, 9.17) is 22.1 Å². The Morgan fingerprint density at radius 3 is 2.80 bits per heavy atom. The van der Waals surface area contributed by atoms with Crippen LogP contribution in [0.2, 0.25) is 5.02 Å². The predicted molar refractivity (Wildman–Crippen MR) is 85.7 cm³/mol. The number of benzene rings is 1. The molecule has 112 valence electrons. The van der Waals surface area contributed by atoms with Crippen LogP contribution in [0.4, 0.5) is 5.69 Å². The summed E-state index contributed by atoms with van der Waals surface area (Å²) in [5.41, 5.74) is 8.18. The minimum Gasteiger partial charge on any atom is -0.372 e. The van der Waals surface area contributed by atoms with Crippen LogP contribution >= 0.6 is 11.6 Å². The molecule has 0 spiro atoms. The van der Waals surface area contributed by atoms with Crippen molar-refractivity contribution in [1.82, 2.24) is 0 Å². The van der Waals surface area contributed by atoms with Gasteiger partial charge in [-0.05, 0) is 44.4 Å². The molecule has 1 aliphatic heterocycles. The summed E-state index contributed by atoms with van der Waals surface area (Å²) in [6, 6.07) is 6.51. The number of nitrogens with two attached hydrogens (primary N) is 1. The third-order valence-electron chi connectivity index (χ3n) is 3.80. The van der Waals surface area contributed by atoms with Crippen molar-refractivity contribution in [1.29, 1.82) is 0 Å². The Kier molecular flexibility index (Phi) is 4.95. The topological polar surface area (TPSA) is 38.5 Å². The summed E-state index contributed by atoms with van der Waals surface area (Å²) in [6.07, 6.45) is 1.86. The van der Waals surface area contributed by atoms with Crippen LogP contribution in [-0.2, 0) is 11.2 Å². The van der Waals surface area contributed by atoms with Crippen molar-refractivity contribution in [2.45, 2.75) is 45.3 Å². The molecule has 1 unspecified atom stereocenters. The second-order valence-corrected chi connectivity index (χ2v) is 6.60. The van der Waals surface area contributed by atoms with Crippen molar-refractivity contribution in [3.63, 3.8) is 0 Å². The third-order valence-corrected chi connectivity index (χ3v) is 4.10. The molecular formula is C16H25ClN2O. The highest BCUT2D eigenvalue weighted by Gasteiger charge is 2.28. The van der Waals surface area contributed by atoms with Crippen molar-refractivity contribution < 1.29 is 4.74 Å². The number of halogens is 1. The number of hydrogen-bond acceptors (Lipinski definition) is 3. The zero-order valence-electron chi connectivity index (χ0n) is 12.7. The van der Waals surface area contributed by atoms with Gasteiger partial charge in [0.1, 0.15) is 0 Å². The van der Waals surface area contributed by atoms with Crippen molar-refractivity contribution >= 4 is 17.3 Å². The fraction of sp³-hybridized carbons (Fsp3) is 0.625. The van der Waals surface area contributed by atoms with Crippen LogP contribution < -0.4 is 10.6 Å². The molecule has 0 aromatic heterocycles. The Balaban J connectivity index is 2.13. The van der Waals surface area contributed by atoms with E-state index in [1.807, 2.05) is 0 Å². The van der Waals surface area contributed by atoms with Gasteiger partial charge in [0.2, 0.25) is 0 Å². The van der Waals surface area contributed by atoms with E-state index in [-0.39, 0.29) is 11.6 Å². The van der Waals surface area contributed by atoms with E-state index in [0.717, 1.165) is 43.2 Å². The van der Waals surface area contributed by atoms with Gasteiger partial charge in [0.25, 0.3) is 0 Å². The molecule has 0 saturated carbocycles. The Morgan fingerprint density at radius 1 is 1.45 bits per heavy atom. The molecular weight excluding hydrogens is 272 g/mol. The van der Waals surface area contributed by atoms with Gasteiger partial charge < -0.3 is 15.4 Å². The maximum Gasteiger partial charge on any atom is 0.0801 e. The zero-order valence-corrected chi connectivity index (χ0v) is 13.4. The predicted octanol–water partition coefficient (Wildman–Crippen LogP) is 3.24. The Labute approximate surface area is 127 Å². The minimum absolute atomic E-state index is 0.120. The van der Waals surface area contributed by atoms with Gasteiger partial charge in [-0.2, -0.15) is 0 Å². The second kappa shape index (κ2) is 6.33. The van der Waals surface area contributed by atoms with Crippen molar-refractivity contribution in [3.8, 4) is 0 Å². The third kappa shape index (κ3) is 3.87. The zero-order chi connectivity index (χ0) is 14.8. The first kappa shape index (κ1) is 15.6. The lowest BCUT2D eigenvalue weighted by atomic mass is 10.0. The van der Waals surface area contributed by atoms with E-state index in [1.165, 1.54) is 5.56 Å². The summed E-state index contributed by atoms with van der Waals surface area (Å²) >= 11 is 6.46. The molecule has 1 atom stereocenters. The molecule has 1 aliphatic rings. The molecule has 2 N–H and O–H groups in total. The number of ether oxygens (including phenoxy) is 1. The lowest BCUT2D eigenvalue weighted by Gasteiger charge is -2.39. The van der Waals surface area contributed by atoms with Gasteiger partial charge in [-0.3, -0.25) is 0 Å². The molecule has 2 rings (SSSR count). The minimum atomic E-state index is -0.120. The molecule has 1 saturated heterocycles. The lowest BCUT2D eigenvalue weighted by Crippen LogP contribution is -2.48. The molecule has 0 amide bonds. The van der Waals surface area contributed by atoms with Gasteiger partial charge in [-0.15, -0.1) is 0 Å². The molecule has 0 radical (unpaired) electrons. The first-order chi connectivity index (χ1) is 9.41. The van der Waals surface area contributed by atoms with E-state index in [9.17, 15) is 0 Å². The quantitative estimate of drug-likeness (QED) is 0.927. The molecule has 1 fully saturated rings. The van der Waals surface area contributed by atoms with E-state index in [0.29, 0.717) is 0 Å². The molecule has 0 bridgehead atoms. The maximum absolute atomic E-state index is 6.46. The van der Waals surface area contributed by atoms with Crippen LogP contribution in [0.15, 0.2) is 18.2 Å². The lowest BCUT2D eigenvalue weighted by molar-refractivity contribution is -0.0276. The van der Waals surface area contributed by atoms with Gasteiger partial charge in [0.15, 0.2) is 0 Å². The summed E-state index contributed by atoms with van der Waals surface area (Å²) in [5, 5.41) is 0.809. The number of morpholine rings is 1. The summed E-state index contributed by atoms with van der Waals surface area (Å²) in [4.78, 5) is 2.30. The SMILES string of the molecule is CCC(N)Cc1ccc(N2CCOC(C)(C)C2)c(Cl)c1. The Bertz CT molecular complexity index is 462. The van der Waals surface area contributed by atoms with Gasteiger partial charge in [-0.1, -0.05) is 24.6 Å². The van der Waals surface area contributed by atoms with Gasteiger partial charge in [0, 0.05) is 19.1 Å². The second-order valence-electron chi connectivity index (χ2n) is 6.19. The average molecular weight is 297 g/mol. The Morgan fingerprint density at radius 2 is 2.20 bits per heavy atom. The maximum atomic E-state index is 6.46. The van der Waals surface area contributed by atoms with Crippen LogP contribution in [-0.4, -0.2) is 31.3 Å². The standard InChI is InChI=1S/C16H25ClN2O/c1-4-13(18)9-12-5-6-15(14(17)10-12)19-7-8-20-16(2,3)11-19/h5-6,10,13H,4,7-9,11,18H2,1-3H3. The molecule has 20 heavy (non-hydrogen) atoms. The molecule has 0 aliphatic carbocycles. The van der Waals surface area contributed by atoms with Crippen LogP contribution in [0.5, 0.6) is 0 Å². The Hall–Kier alpha value is -0.770. The number of anilines is 1. The van der Waals surface area contributed by atoms with Crippen LogP contribution in [0.25, 0.3) is 0 Å². The van der Waals surface area contributed by atoms with Crippen LogP contribution in [0, 0.1) is 0 Å². The molecule has 1 aromatic rings. The fourth-order valence-corrected chi connectivity index (χ4v) is 2.93. The van der Waals surface area contributed by atoms with Gasteiger partial charge in [0.05, 0.1) is 22.9 Å². The van der Waals surface area contributed by atoms with Gasteiger partial charge >= 0.3 is 0 Å². The summed E-state index contributed by atoms with van der Waals surface area (Å²) in [6.45, 7) is 8.82. The van der Waals surface area contributed by atoms with E-state index in [1.54, 1.807) is 0 Å². The highest BCUT2D eigenvalue weighted by Crippen LogP contribution is 2.30. The normalized spacial score (nSPS) is 19.9. The smallest absolute Gasteiger partial charge is 0.0801 e.